The van der Waals surface area contributed by atoms with Gasteiger partial charge in [-0.1, -0.05) is 0 Å². The number of anilines is 1. The molecule has 0 spiro atoms. The molecule has 0 fully saturated rings. The number of benzene rings is 1. The number of carbonyl (C=O) groups excluding carboxylic acids is 1. The van der Waals surface area contributed by atoms with E-state index in [1.807, 2.05) is 19.9 Å². The summed E-state index contributed by atoms with van der Waals surface area (Å²) in [6, 6.07) is 3.53. The zero-order valence-corrected chi connectivity index (χ0v) is 12.8. The Kier molecular flexibility index (Phi) is 3.88. The standard InChI is InChI=1S/C17H19NO4/c1-10(2)21-16-8-15-13(7-14(16)18-9-19)11-5-3-4-6-12(11)17(20)22-15/h7-10H,3-6H2,1-2H3,(H,18,19). The number of amides is 1. The molecule has 5 heteroatoms. The van der Waals surface area contributed by atoms with E-state index in [1.165, 1.54) is 0 Å². The number of fused-ring (bicyclic) bond motifs is 3. The fraction of sp³-hybridized carbons (Fsp3) is 0.412. The van der Waals surface area contributed by atoms with E-state index >= 15 is 0 Å². The molecule has 116 valence electrons. The van der Waals surface area contributed by atoms with Crippen molar-refractivity contribution in [1.82, 2.24) is 0 Å². The zero-order chi connectivity index (χ0) is 15.7. The molecular weight excluding hydrogens is 282 g/mol. The lowest BCUT2D eigenvalue weighted by atomic mass is 9.90. The second kappa shape index (κ2) is 5.83. The van der Waals surface area contributed by atoms with Crippen LogP contribution in [0, 0.1) is 0 Å². The molecule has 2 aromatic rings. The summed E-state index contributed by atoms with van der Waals surface area (Å²) in [5, 5.41) is 3.55. The third-order valence-electron chi connectivity index (χ3n) is 3.90. The maximum atomic E-state index is 12.1. The van der Waals surface area contributed by atoms with Gasteiger partial charge in [0.1, 0.15) is 11.3 Å². The van der Waals surface area contributed by atoms with E-state index in [0.29, 0.717) is 23.4 Å². The largest absolute Gasteiger partial charge is 0.489 e. The van der Waals surface area contributed by atoms with Crippen LogP contribution in [0.3, 0.4) is 0 Å². The molecule has 0 aliphatic heterocycles. The van der Waals surface area contributed by atoms with Gasteiger partial charge in [0.25, 0.3) is 0 Å². The second-order valence-electron chi connectivity index (χ2n) is 5.83. The van der Waals surface area contributed by atoms with Crippen LogP contribution in [0.5, 0.6) is 5.75 Å². The predicted molar refractivity (Wildman–Crippen MR) is 84.6 cm³/mol. The number of aryl methyl sites for hydroxylation is 1. The summed E-state index contributed by atoms with van der Waals surface area (Å²) in [6.07, 6.45) is 4.27. The van der Waals surface area contributed by atoms with Crippen molar-refractivity contribution in [2.75, 3.05) is 5.32 Å². The molecule has 1 heterocycles. The topological polar surface area (TPSA) is 68.5 Å². The van der Waals surface area contributed by atoms with Crippen molar-refractivity contribution in [2.45, 2.75) is 45.6 Å². The summed E-state index contributed by atoms with van der Waals surface area (Å²) in [5.74, 6) is 0.508. The van der Waals surface area contributed by atoms with E-state index < -0.39 is 0 Å². The first kappa shape index (κ1) is 14.6. The van der Waals surface area contributed by atoms with Gasteiger partial charge < -0.3 is 14.5 Å². The molecule has 1 aliphatic carbocycles. The molecule has 0 unspecified atom stereocenters. The molecule has 5 nitrogen and oxygen atoms in total. The Morgan fingerprint density at radius 1 is 1.23 bits per heavy atom. The first-order valence-electron chi connectivity index (χ1n) is 7.59. The molecule has 0 radical (unpaired) electrons. The molecule has 1 aromatic heterocycles. The Bertz CT molecular complexity index is 776. The smallest absolute Gasteiger partial charge is 0.339 e. The molecule has 1 aliphatic rings. The molecule has 0 saturated carbocycles. The van der Waals surface area contributed by atoms with Gasteiger partial charge in [-0.3, -0.25) is 4.79 Å². The number of nitrogens with one attached hydrogen (secondary N) is 1. The fourth-order valence-corrected chi connectivity index (χ4v) is 3.00. The van der Waals surface area contributed by atoms with E-state index in [-0.39, 0.29) is 11.7 Å². The van der Waals surface area contributed by atoms with E-state index in [1.54, 1.807) is 6.07 Å². The number of carbonyl (C=O) groups is 1. The summed E-state index contributed by atoms with van der Waals surface area (Å²) in [4.78, 5) is 23.0. The maximum absolute atomic E-state index is 12.1. The van der Waals surface area contributed by atoms with Crippen LogP contribution in [-0.4, -0.2) is 12.5 Å². The summed E-state index contributed by atoms with van der Waals surface area (Å²) in [5.41, 5.74) is 2.67. The van der Waals surface area contributed by atoms with Gasteiger partial charge in [-0.05, 0) is 51.2 Å². The normalized spacial score (nSPS) is 14.0. The van der Waals surface area contributed by atoms with E-state index in [9.17, 15) is 9.59 Å². The minimum atomic E-state index is -0.256. The quantitative estimate of drug-likeness (QED) is 0.696. The Balaban J connectivity index is 2.25. The van der Waals surface area contributed by atoms with Crippen LogP contribution in [0.15, 0.2) is 21.3 Å². The molecule has 0 saturated heterocycles. The average Bonchev–Trinajstić information content (AvgIpc) is 2.48. The highest BCUT2D eigenvalue weighted by Gasteiger charge is 2.20. The second-order valence-corrected chi connectivity index (χ2v) is 5.83. The van der Waals surface area contributed by atoms with Gasteiger partial charge >= 0.3 is 5.63 Å². The number of rotatable bonds is 4. The summed E-state index contributed by atoms with van der Waals surface area (Å²) >= 11 is 0. The summed E-state index contributed by atoms with van der Waals surface area (Å²) in [7, 11) is 0. The number of hydrogen-bond acceptors (Lipinski definition) is 4. The van der Waals surface area contributed by atoms with Gasteiger partial charge in [-0.2, -0.15) is 0 Å². The highest BCUT2D eigenvalue weighted by Crippen LogP contribution is 2.34. The van der Waals surface area contributed by atoms with E-state index in [2.05, 4.69) is 5.32 Å². The molecule has 22 heavy (non-hydrogen) atoms. The summed E-state index contributed by atoms with van der Waals surface area (Å²) < 4.78 is 11.2. The van der Waals surface area contributed by atoms with E-state index in [4.69, 9.17) is 9.15 Å². The van der Waals surface area contributed by atoms with E-state index in [0.717, 1.165) is 42.2 Å². The zero-order valence-electron chi connectivity index (χ0n) is 12.8. The van der Waals surface area contributed by atoms with Crippen molar-refractivity contribution >= 4 is 23.1 Å². The van der Waals surface area contributed by atoms with Gasteiger partial charge in [0.2, 0.25) is 6.41 Å². The Hall–Kier alpha value is -2.30. The molecule has 3 rings (SSSR count). The van der Waals surface area contributed by atoms with Crippen molar-refractivity contribution in [3.63, 3.8) is 0 Å². The Labute approximate surface area is 128 Å². The molecule has 1 aromatic carbocycles. The van der Waals surface area contributed by atoms with Gasteiger partial charge in [0.05, 0.1) is 11.8 Å². The van der Waals surface area contributed by atoms with Gasteiger partial charge in [-0.25, -0.2) is 4.79 Å². The van der Waals surface area contributed by atoms with Crippen molar-refractivity contribution < 1.29 is 13.9 Å². The molecule has 1 amide bonds. The van der Waals surface area contributed by atoms with Crippen molar-refractivity contribution in [2.24, 2.45) is 0 Å². The minimum Gasteiger partial charge on any atom is -0.489 e. The Morgan fingerprint density at radius 3 is 2.64 bits per heavy atom. The highest BCUT2D eigenvalue weighted by molar-refractivity contribution is 5.90. The van der Waals surface area contributed by atoms with Crippen LogP contribution in [0.1, 0.15) is 37.8 Å². The maximum Gasteiger partial charge on any atom is 0.339 e. The lowest BCUT2D eigenvalue weighted by Gasteiger charge is -2.19. The fourth-order valence-electron chi connectivity index (χ4n) is 3.00. The van der Waals surface area contributed by atoms with Crippen molar-refractivity contribution in [1.29, 1.82) is 0 Å². The van der Waals surface area contributed by atoms with Crippen LogP contribution in [0.25, 0.3) is 11.0 Å². The van der Waals surface area contributed by atoms with Crippen LogP contribution in [0.2, 0.25) is 0 Å². The SMILES string of the molecule is CC(C)Oc1cc2oc(=O)c3c(c2cc1NC=O)CCCC3. The van der Waals surface area contributed by atoms with Gasteiger partial charge in [0.15, 0.2) is 0 Å². The minimum absolute atomic E-state index is 0.0472. The van der Waals surface area contributed by atoms with Crippen molar-refractivity contribution in [3.05, 3.63) is 33.7 Å². The molecular formula is C17H19NO4. The van der Waals surface area contributed by atoms with Crippen molar-refractivity contribution in [3.8, 4) is 5.75 Å². The van der Waals surface area contributed by atoms with Gasteiger partial charge in [0, 0.05) is 17.0 Å². The lowest BCUT2D eigenvalue weighted by molar-refractivity contribution is -0.105. The molecule has 0 bridgehead atoms. The highest BCUT2D eigenvalue weighted by atomic mass is 16.5. The number of ether oxygens (including phenoxy) is 1. The number of hydrogen-bond donors (Lipinski definition) is 1. The Morgan fingerprint density at radius 2 is 1.95 bits per heavy atom. The van der Waals surface area contributed by atoms with Crippen LogP contribution in [-0.2, 0) is 17.6 Å². The van der Waals surface area contributed by atoms with Crippen LogP contribution in [0.4, 0.5) is 5.69 Å². The average molecular weight is 301 g/mol. The van der Waals surface area contributed by atoms with Crippen LogP contribution < -0.4 is 15.7 Å². The first-order valence-corrected chi connectivity index (χ1v) is 7.59. The lowest BCUT2D eigenvalue weighted by Crippen LogP contribution is -2.16. The summed E-state index contributed by atoms with van der Waals surface area (Å²) in [6.45, 7) is 3.80. The van der Waals surface area contributed by atoms with Gasteiger partial charge in [-0.15, -0.1) is 0 Å². The first-order chi connectivity index (χ1) is 10.6. The predicted octanol–water partition coefficient (Wildman–Crippen LogP) is 3.03. The third kappa shape index (κ3) is 2.58. The molecule has 0 atom stereocenters. The van der Waals surface area contributed by atoms with Crippen LogP contribution >= 0.6 is 0 Å². The monoisotopic (exact) mass is 301 g/mol. The third-order valence-corrected chi connectivity index (χ3v) is 3.90. The molecule has 1 N–H and O–H groups in total.